The number of carbonyl (C=O) groups excluding carboxylic acids is 1. The monoisotopic (exact) mass is 329 g/mol. The highest BCUT2D eigenvalue weighted by molar-refractivity contribution is 5.77. The van der Waals surface area contributed by atoms with E-state index in [1.54, 1.807) is 7.11 Å². The molecule has 0 spiro atoms. The van der Waals surface area contributed by atoms with Gasteiger partial charge in [0.15, 0.2) is 18.1 Å². The van der Waals surface area contributed by atoms with E-state index >= 15 is 0 Å². The summed E-state index contributed by atoms with van der Waals surface area (Å²) in [4.78, 5) is 11.8. The fraction of sp³-hybridized carbons (Fsp3) is 0.316. The summed E-state index contributed by atoms with van der Waals surface area (Å²) < 4.78 is 16.3. The number of para-hydroxylation sites is 2. The van der Waals surface area contributed by atoms with Gasteiger partial charge in [0.2, 0.25) is 0 Å². The molecule has 2 aromatic rings. The van der Waals surface area contributed by atoms with Gasteiger partial charge in [-0.25, -0.2) is 0 Å². The lowest BCUT2D eigenvalue weighted by Gasteiger charge is -2.12. The fourth-order valence-electron chi connectivity index (χ4n) is 2.25. The van der Waals surface area contributed by atoms with Gasteiger partial charge in [-0.1, -0.05) is 29.8 Å². The molecule has 0 aromatic heterocycles. The Morgan fingerprint density at radius 1 is 1.00 bits per heavy atom. The minimum absolute atomic E-state index is 0.0153. The highest BCUT2D eigenvalue weighted by Gasteiger charge is 2.06. The van der Waals surface area contributed by atoms with Crippen molar-refractivity contribution in [1.82, 2.24) is 5.32 Å². The average molecular weight is 329 g/mol. The number of rotatable bonds is 8. The number of hydrogen-bond donors (Lipinski definition) is 1. The maximum atomic E-state index is 11.8. The van der Waals surface area contributed by atoms with Crippen LogP contribution in [0.25, 0.3) is 0 Å². The summed E-state index contributed by atoms with van der Waals surface area (Å²) in [5, 5.41) is 2.76. The van der Waals surface area contributed by atoms with Crippen LogP contribution in [0.2, 0.25) is 0 Å². The van der Waals surface area contributed by atoms with E-state index in [1.807, 2.05) is 56.3 Å². The molecule has 0 fully saturated rings. The van der Waals surface area contributed by atoms with Crippen LogP contribution >= 0.6 is 0 Å². The average Bonchev–Trinajstić information content (AvgIpc) is 2.58. The van der Waals surface area contributed by atoms with Gasteiger partial charge in [-0.3, -0.25) is 4.79 Å². The van der Waals surface area contributed by atoms with Crippen LogP contribution in [0.5, 0.6) is 17.2 Å². The van der Waals surface area contributed by atoms with Gasteiger partial charge in [-0.15, -0.1) is 0 Å². The molecule has 0 saturated carbocycles. The molecule has 0 saturated heterocycles. The van der Waals surface area contributed by atoms with E-state index in [4.69, 9.17) is 14.2 Å². The van der Waals surface area contributed by atoms with Crippen LogP contribution in [0, 0.1) is 13.8 Å². The minimum Gasteiger partial charge on any atom is -0.493 e. The maximum absolute atomic E-state index is 11.8. The minimum atomic E-state index is -0.182. The van der Waals surface area contributed by atoms with Gasteiger partial charge in [-0.05, 0) is 37.6 Å². The summed E-state index contributed by atoms with van der Waals surface area (Å²) in [5.41, 5.74) is 2.18. The lowest BCUT2D eigenvalue weighted by molar-refractivity contribution is -0.123. The summed E-state index contributed by atoms with van der Waals surface area (Å²) in [6.45, 7) is 4.72. The number of amides is 1. The van der Waals surface area contributed by atoms with Gasteiger partial charge >= 0.3 is 0 Å². The smallest absolute Gasteiger partial charge is 0.258 e. The number of benzene rings is 2. The molecule has 128 valence electrons. The van der Waals surface area contributed by atoms with Crippen molar-refractivity contribution >= 4 is 5.91 Å². The van der Waals surface area contributed by atoms with Crippen molar-refractivity contribution in [3.8, 4) is 17.2 Å². The Morgan fingerprint density at radius 3 is 2.46 bits per heavy atom. The maximum Gasteiger partial charge on any atom is 0.258 e. The van der Waals surface area contributed by atoms with Crippen LogP contribution in [0.15, 0.2) is 42.5 Å². The topological polar surface area (TPSA) is 56.8 Å². The van der Waals surface area contributed by atoms with E-state index in [2.05, 4.69) is 5.32 Å². The summed E-state index contributed by atoms with van der Waals surface area (Å²) in [7, 11) is 1.59. The molecule has 1 N–H and O–H groups in total. The molecule has 0 bridgehead atoms. The van der Waals surface area contributed by atoms with Crippen molar-refractivity contribution in [1.29, 1.82) is 0 Å². The second-order valence-electron chi connectivity index (χ2n) is 5.41. The number of aryl methyl sites for hydroxylation is 2. The first-order valence-corrected chi connectivity index (χ1v) is 7.82. The zero-order chi connectivity index (χ0) is 17.4. The van der Waals surface area contributed by atoms with E-state index < -0.39 is 0 Å². The van der Waals surface area contributed by atoms with Crippen LogP contribution in [0.3, 0.4) is 0 Å². The summed E-state index contributed by atoms with van der Waals surface area (Å²) in [5.74, 6) is 1.86. The van der Waals surface area contributed by atoms with E-state index in [9.17, 15) is 4.79 Å². The third-order valence-corrected chi connectivity index (χ3v) is 3.44. The third-order valence-electron chi connectivity index (χ3n) is 3.44. The first-order valence-electron chi connectivity index (χ1n) is 7.82. The Bertz CT molecular complexity index is 685. The summed E-state index contributed by atoms with van der Waals surface area (Å²) in [6, 6.07) is 13.3. The largest absolute Gasteiger partial charge is 0.493 e. The van der Waals surface area contributed by atoms with Crippen molar-refractivity contribution in [2.45, 2.75) is 13.8 Å². The highest BCUT2D eigenvalue weighted by atomic mass is 16.5. The summed E-state index contributed by atoms with van der Waals surface area (Å²) >= 11 is 0. The fourth-order valence-corrected chi connectivity index (χ4v) is 2.25. The Hall–Kier alpha value is -2.69. The molecular weight excluding hydrogens is 306 g/mol. The number of hydrogen-bond acceptors (Lipinski definition) is 4. The van der Waals surface area contributed by atoms with Crippen molar-refractivity contribution in [3.05, 3.63) is 53.6 Å². The van der Waals surface area contributed by atoms with Gasteiger partial charge in [0.1, 0.15) is 12.4 Å². The number of ether oxygens (including phenoxy) is 3. The highest BCUT2D eigenvalue weighted by Crippen LogP contribution is 2.25. The predicted octanol–water partition coefficient (Wildman–Crippen LogP) is 2.89. The van der Waals surface area contributed by atoms with Crippen molar-refractivity contribution in [3.63, 3.8) is 0 Å². The molecule has 2 rings (SSSR count). The molecule has 0 unspecified atom stereocenters. The lowest BCUT2D eigenvalue weighted by atomic mass is 10.1. The van der Waals surface area contributed by atoms with Crippen LogP contribution in [-0.2, 0) is 4.79 Å². The Kier molecular flexibility index (Phi) is 6.49. The predicted molar refractivity (Wildman–Crippen MR) is 92.9 cm³/mol. The Balaban J connectivity index is 1.70. The summed E-state index contributed by atoms with van der Waals surface area (Å²) in [6.07, 6.45) is 0. The van der Waals surface area contributed by atoms with Gasteiger partial charge in [0.05, 0.1) is 13.7 Å². The third kappa shape index (κ3) is 5.19. The van der Waals surface area contributed by atoms with Crippen LogP contribution < -0.4 is 19.5 Å². The van der Waals surface area contributed by atoms with Crippen LogP contribution in [0.4, 0.5) is 0 Å². The molecule has 0 aliphatic carbocycles. The molecule has 0 aliphatic rings. The normalized spacial score (nSPS) is 10.1. The molecule has 24 heavy (non-hydrogen) atoms. The quantitative estimate of drug-likeness (QED) is 0.757. The molecule has 0 aliphatic heterocycles. The van der Waals surface area contributed by atoms with Gasteiger partial charge < -0.3 is 19.5 Å². The molecule has 5 heteroatoms. The van der Waals surface area contributed by atoms with Gasteiger partial charge in [0.25, 0.3) is 5.91 Å². The Labute approximate surface area is 142 Å². The molecule has 2 aromatic carbocycles. The van der Waals surface area contributed by atoms with E-state index in [0.717, 1.165) is 16.9 Å². The molecule has 0 heterocycles. The number of carbonyl (C=O) groups is 1. The second kappa shape index (κ2) is 8.82. The van der Waals surface area contributed by atoms with Crippen LogP contribution in [0.1, 0.15) is 11.1 Å². The van der Waals surface area contributed by atoms with Crippen molar-refractivity contribution < 1.29 is 19.0 Å². The molecule has 1 amide bonds. The van der Waals surface area contributed by atoms with E-state index in [1.165, 1.54) is 0 Å². The van der Waals surface area contributed by atoms with Gasteiger partial charge in [0, 0.05) is 0 Å². The van der Waals surface area contributed by atoms with E-state index in [0.29, 0.717) is 24.7 Å². The van der Waals surface area contributed by atoms with Gasteiger partial charge in [-0.2, -0.15) is 0 Å². The number of methoxy groups -OCH3 is 1. The second-order valence-corrected chi connectivity index (χ2v) is 5.41. The first kappa shape index (κ1) is 17.7. The molecule has 5 nitrogen and oxygen atoms in total. The Morgan fingerprint density at radius 2 is 1.75 bits per heavy atom. The van der Waals surface area contributed by atoms with E-state index in [-0.39, 0.29) is 12.5 Å². The SMILES string of the molecule is COc1ccccc1OCCNC(=O)COc1ccc(C)cc1C. The standard InChI is InChI=1S/C19H23NO4/c1-14-8-9-16(15(2)12-14)24-13-19(21)20-10-11-23-18-7-5-4-6-17(18)22-3/h4-9,12H,10-11,13H2,1-3H3,(H,20,21). The molecule has 0 atom stereocenters. The zero-order valence-electron chi connectivity index (χ0n) is 14.3. The lowest BCUT2D eigenvalue weighted by Crippen LogP contribution is -2.32. The molecular formula is C19H23NO4. The number of nitrogens with one attached hydrogen (secondary N) is 1. The van der Waals surface area contributed by atoms with Crippen molar-refractivity contribution in [2.75, 3.05) is 26.9 Å². The van der Waals surface area contributed by atoms with Crippen molar-refractivity contribution in [2.24, 2.45) is 0 Å². The zero-order valence-corrected chi connectivity index (χ0v) is 14.3. The molecule has 0 radical (unpaired) electrons. The van der Waals surface area contributed by atoms with Crippen LogP contribution in [-0.4, -0.2) is 32.8 Å². The first-order chi connectivity index (χ1) is 11.6.